The molecular formula is C7H7F6NO8S2Zn. The SMILES string of the molecule is CCOC(=O)CC#N.O=S(=O)([O-])C(F)(F)F.O=S(=O)([O-])C(F)(F)F.[Zn+2]. The van der Waals surface area contributed by atoms with Gasteiger partial charge in [0, 0.05) is 0 Å². The first kappa shape index (κ1) is 31.7. The van der Waals surface area contributed by atoms with Crippen molar-refractivity contribution in [3.05, 3.63) is 0 Å². The number of carbonyl (C=O) groups excluding carboxylic acids is 1. The van der Waals surface area contributed by atoms with Crippen molar-refractivity contribution < 1.29 is 81.3 Å². The molecule has 9 nitrogen and oxygen atoms in total. The Hall–Kier alpha value is -1.02. The van der Waals surface area contributed by atoms with Gasteiger partial charge in [-0.25, -0.2) is 16.8 Å². The van der Waals surface area contributed by atoms with E-state index in [1.807, 2.05) is 0 Å². The summed E-state index contributed by atoms with van der Waals surface area (Å²) in [5, 5.41) is 7.91. The molecule has 0 saturated heterocycles. The molecule has 0 aromatic carbocycles. The number of halogens is 6. The van der Waals surface area contributed by atoms with E-state index in [1.54, 1.807) is 13.0 Å². The third-order valence-electron chi connectivity index (χ3n) is 1.10. The smallest absolute Gasteiger partial charge is 0.741 e. The Morgan fingerprint density at radius 1 is 1.00 bits per heavy atom. The molecule has 0 aromatic rings. The number of alkyl halides is 6. The van der Waals surface area contributed by atoms with Gasteiger partial charge in [-0.3, -0.25) is 4.79 Å². The van der Waals surface area contributed by atoms with Crippen LogP contribution in [0.4, 0.5) is 26.3 Å². The van der Waals surface area contributed by atoms with E-state index in [1.165, 1.54) is 0 Å². The Morgan fingerprint density at radius 2 is 1.24 bits per heavy atom. The molecule has 0 N–H and O–H groups in total. The number of rotatable bonds is 2. The molecular weight excluding hydrogens is 470 g/mol. The third kappa shape index (κ3) is 19.2. The molecule has 0 aliphatic rings. The zero-order valence-corrected chi connectivity index (χ0v) is 16.5. The Balaban J connectivity index is -0.000000130. The molecule has 0 unspecified atom stereocenters. The fourth-order valence-corrected chi connectivity index (χ4v) is 0.277. The predicted octanol–water partition coefficient (Wildman–Crippen LogP) is 0.563. The van der Waals surface area contributed by atoms with E-state index in [0.717, 1.165) is 0 Å². The average Bonchev–Trinajstić information content (AvgIpc) is 2.25. The van der Waals surface area contributed by atoms with Crippen molar-refractivity contribution in [3.8, 4) is 6.07 Å². The summed E-state index contributed by atoms with van der Waals surface area (Å²) in [6.45, 7) is 2.05. The molecule has 0 bridgehead atoms. The van der Waals surface area contributed by atoms with E-state index in [-0.39, 0.29) is 25.9 Å². The van der Waals surface area contributed by atoms with Gasteiger partial charge in [0.25, 0.3) is 0 Å². The van der Waals surface area contributed by atoms with Gasteiger partial charge in [0.15, 0.2) is 20.2 Å². The van der Waals surface area contributed by atoms with E-state index in [9.17, 15) is 31.1 Å². The molecule has 0 rings (SSSR count). The summed E-state index contributed by atoms with van der Waals surface area (Å²) in [4.78, 5) is 10.2. The van der Waals surface area contributed by atoms with Crippen LogP contribution in [0.2, 0.25) is 0 Å². The molecule has 0 fully saturated rings. The molecule has 144 valence electrons. The maximum atomic E-state index is 10.7. The molecule has 0 amide bonds. The van der Waals surface area contributed by atoms with Gasteiger partial charge in [0.2, 0.25) is 0 Å². The number of esters is 1. The molecule has 0 spiro atoms. The van der Waals surface area contributed by atoms with E-state index in [4.69, 9.17) is 31.2 Å². The fourth-order valence-electron chi connectivity index (χ4n) is 0.277. The minimum atomic E-state index is -6.09. The van der Waals surface area contributed by atoms with E-state index in [0.29, 0.717) is 6.61 Å². The topological polar surface area (TPSA) is 164 Å². The summed E-state index contributed by atoms with van der Waals surface area (Å²) in [7, 11) is -12.2. The van der Waals surface area contributed by atoms with Crippen molar-refractivity contribution in [3.63, 3.8) is 0 Å². The van der Waals surface area contributed by atoms with Crippen LogP contribution < -0.4 is 0 Å². The number of hydrogen-bond acceptors (Lipinski definition) is 9. The Labute approximate surface area is 150 Å². The average molecular weight is 477 g/mol. The van der Waals surface area contributed by atoms with Gasteiger partial charge in [-0.05, 0) is 6.92 Å². The van der Waals surface area contributed by atoms with E-state index in [2.05, 4.69) is 4.74 Å². The summed E-state index contributed by atoms with van der Waals surface area (Å²) in [6.07, 6.45) is -0.145. The molecule has 0 saturated carbocycles. The van der Waals surface area contributed by atoms with Crippen molar-refractivity contribution >= 4 is 26.2 Å². The van der Waals surface area contributed by atoms with Crippen LogP contribution in [0.5, 0.6) is 0 Å². The van der Waals surface area contributed by atoms with Crippen LogP contribution in [-0.2, 0) is 49.2 Å². The van der Waals surface area contributed by atoms with E-state index < -0.39 is 37.2 Å². The number of ether oxygens (including phenoxy) is 1. The van der Waals surface area contributed by atoms with Crippen LogP contribution in [0.15, 0.2) is 0 Å². The summed E-state index contributed by atoms with van der Waals surface area (Å²) >= 11 is 0. The largest absolute Gasteiger partial charge is 2.00 e. The second kappa shape index (κ2) is 12.4. The minimum Gasteiger partial charge on any atom is -0.741 e. The molecule has 0 atom stereocenters. The van der Waals surface area contributed by atoms with Gasteiger partial charge < -0.3 is 13.8 Å². The molecule has 18 heteroatoms. The number of nitrogens with zero attached hydrogens (tertiary/aromatic N) is 1. The van der Waals surface area contributed by atoms with Crippen LogP contribution >= 0.6 is 0 Å². The van der Waals surface area contributed by atoms with Crippen molar-refractivity contribution in [1.29, 1.82) is 5.26 Å². The Kier molecular flexibility index (Phi) is 15.7. The van der Waals surface area contributed by atoms with Gasteiger partial charge in [0.05, 0.1) is 12.7 Å². The first-order valence-corrected chi connectivity index (χ1v) is 7.69. The van der Waals surface area contributed by atoms with Crippen LogP contribution in [0.3, 0.4) is 0 Å². The van der Waals surface area contributed by atoms with Crippen molar-refractivity contribution in [2.24, 2.45) is 0 Å². The summed E-state index contributed by atoms with van der Waals surface area (Å²) in [5.74, 6) is -0.449. The second-order valence-electron chi connectivity index (χ2n) is 2.94. The Morgan fingerprint density at radius 3 is 1.36 bits per heavy atom. The van der Waals surface area contributed by atoms with E-state index >= 15 is 0 Å². The quantitative estimate of drug-likeness (QED) is 0.182. The predicted molar refractivity (Wildman–Crippen MR) is 58.4 cm³/mol. The van der Waals surface area contributed by atoms with Crippen LogP contribution in [0, 0.1) is 11.3 Å². The van der Waals surface area contributed by atoms with Gasteiger partial charge in [0.1, 0.15) is 6.42 Å². The first-order chi connectivity index (χ1) is 10.3. The maximum absolute atomic E-state index is 10.7. The Bertz CT molecular complexity index is 593. The molecule has 25 heavy (non-hydrogen) atoms. The zero-order valence-electron chi connectivity index (χ0n) is 11.9. The van der Waals surface area contributed by atoms with Crippen molar-refractivity contribution in [2.75, 3.05) is 6.61 Å². The summed E-state index contributed by atoms with van der Waals surface area (Å²) in [6, 6.07) is 1.68. The van der Waals surface area contributed by atoms with Gasteiger partial charge >= 0.3 is 36.5 Å². The fraction of sp³-hybridized carbons (Fsp3) is 0.714. The second-order valence-corrected chi connectivity index (χ2v) is 5.68. The monoisotopic (exact) mass is 475 g/mol. The van der Waals surface area contributed by atoms with Crippen molar-refractivity contribution in [1.82, 2.24) is 0 Å². The standard InChI is InChI=1S/C5H7NO2.2CHF3O3S.Zn/c1-2-8-5(7)3-4-6;2*2-1(3,4)8(5,6)7;/h2-3H2,1H3;2*(H,5,6,7);/q;;;+2/p-2. The molecule has 0 radical (unpaired) electrons. The van der Waals surface area contributed by atoms with Gasteiger partial charge in [-0.1, -0.05) is 0 Å². The number of nitriles is 1. The molecule has 0 aromatic heterocycles. The summed E-state index contributed by atoms with van der Waals surface area (Å²) < 4.78 is 122. The van der Waals surface area contributed by atoms with Crippen molar-refractivity contribution in [2.45, 2.75) is 24.4 Å². The number of carbonyl (C=O) groups is 1. The van der Waals surface area contributed by atoms with Crippen LogP contribution in [0.1, 0.15) is 13.3 Å². The zero-order chi connectivity index (χ0) is 20.4. The summed E-state index contributed by atoms with van der Waals surface area (Å²) in [5.41, 5.74) is -11.3. The maximum Gasteiger partial charge on any atom is 2.00 e. The molecule has 0 heterocycles. The number of hydrogen-bond donors (Lipinski definition) is 0. The third-order valence-corrected chi connectivity index (χ3v) is 2.23. The van der Waals surface area contributed by atoms with Gasteiger partial charge in [-0.15, -0.1) is 0 Å². The molecule has 0 aliphatic carbocycles. The first-order valence-electron chi connectivity index (χ1n) is 4.88. The normalized spacial score (nSPS) is 11.4. The van der Waals surface area contributed by atoms with Crippen LogP contribution in [-0.4, -0.2) is 49.5 Å². The molecule has 0 aliphatic heterocycles. The van der Waals surface area contributed by atoms with Gasteiger partial charge in [-0.2, -0.15) is 31.6 Å². The minimum absolute atomic E-state index is 0. The van der Waals surface area contributed by atoms with Crippen LogP contribution in [0.25, 0.3) is 0 Å².